The van der Waals surface area contributed by atoms with E-state index in [1.165, 1.54) is 6.07 Å². The van der Waals surface area contributed by atoms with Crippen LogP contribution in [0.3, 0.4) is 0 Å². The summed E-state index contributed by atoms with van der Waals surface area (Å²) in [5, 5.41) is 11.9. The Bertz CT molecular complexity index is 1120. The van der Waals surface area contributed by atoms with E-state index in [0.29, 0.717) is 4.90 Å². The van der Waals surface area contributed by atoms with Crippen molar-refractivity contribution in [2.45, 2.75) is 65.9 Å². The maximum Gasteiger partial charge on any atom is 0.420 e. The summed E-state index contributed by atoms with van der Waals surface area (Å²) in [6.45, 7) is 9.14. The van der Waals surface area contributed by atoms with Crippen LogP contribution in [0.25, 0.3) is 0 Å². The predicted molar refractivity (Wildman–Crippen MR) is 129 cm³/mol. The standard InChI is InChI=1S/C26H30FN3O6/c1-25(2,3)35-23(32)30(24(33)36-26(4,5)6)15-18-12-19(13-21(27)20(18)14-28)29-22(31)34-16-17-10-8-7-9-11-17/h7-13H,15-16H2,1-6H3,(H,29,31). The molecule has 0 heterocycles. The lowest BCUT2D eigenvalue weighted by Crippen LogP contribution is -2.43. The fourth-order valence-corrected chi connectivity index (χ4v) is 2.87. The molecule has 9 nitrogen and oxygen atoms in total. The number of nitrogens with one attached hydrogen (secondary N) is 1. The lowest BCUT2D eigenvalue weighted by atomic mass is 10.1. The van der Waals surface area contributed by atoms with Gasteiger partial charge in [-0.15, -0.1) is 0 Å². The van der Waals surface area contributed by atoms with Gasteiger partial charge in [0.2, 0.25) is 0 Å². The Labute approximate surface area is 209 Å². The first-order valence-electron chi connectivity index (χ1n) is 11.1. The number of hydrogen-bond donors (Lipinski definition) is 1. The minimum atomic E-state index is -1.04. The predicted octanol–water partition coefficient (Wildman–Crippen LogP) is 6.12. The van der Waals surface area contributed by atoms with Crippen molar-refractivity contribution in [1.82, 2.24) is 4.90 Å². The van der Waals surface area contributed by atoms with Gasteiger partial charge in [0, 0.05) is 5.69 Å². The fourth-order valence-electron chi connectivity index (χ4n) is 2.87. The van der Waals surface area contributed by atoms with Gasteiger partial charge >= 0.3 is 18.3 Å². The smallest absolute Gasteiger partial charge is 0.420 e. The van der Waals surface area contributed by atoms with Crippen molar-refractivity contribution >= 4 is 24.0 Å². The molecule has 2 aromatic rings. The van der Waals surface area contributed by atoms with Gasteiger partial charge in [-0.25, -0.2) is 23.7 Å². The first-order chi connectivity index (χ1) is 16.7. The molecule has 0 aromatic heterocycles. The molecule has 0 spiro atoms. The molecular weight excluding hydrogens is 469 g/mol. The van der Waals surface area contributed by atoms with Gasteiger partial charge in [0.1, 0.15) is 29.7 Å². The quantitative estimate of drug-likeness (QED) is 0.493. The molecule has 2 rings (SSSR count). The highest BCUT2D eigenvalue weighted by Crippen LogP contribution is 2.24. The highest BCUT2D eigenvalue weighted by molar-refractivity contribution is 5.88. The molecule has 0 aliphatic rings. The Hall–Kier alpha value is -4.13. The molecule has 36 heavy (non-hydrogen) atoms. The summed E-state index contributed by atoms with van der Waals surface area (Å²) in [6.07, 6.45) is -2.94. The van der Waals surface area contributed by atoms with Crippen LogP contribution >= 0.6 is 0 Å². The minimum absolute atomic E-state index is 0.0106. The summed E-state index contributed by atoms with van der Waals surface area (Å²) in [7, 11) is 0. The number of carbonyl (C=O) groups excluding carboxylic acids is 3. The molecule has 0 saturated carbocycles. The van der Waals surface area contributed by atoms with Gasteiger partial charge in [0.05, 0.1) is 12.1 Å². The van der Waals surface area contributed by atoms with Gasteiger partial charge in [-0.2, -0.15) is 5.26 Å². The average Bonchev–Trinajstić information content (AvgIpc) is 2.74. The topological polar surface area (TPSA) is 118 Å². The van der Waals surface area contributed by atoms with E-state index in [1.54, 1.807) is 71.9 Å². The molecule has 0 fully saturated rings. The van der Waals surface area contributed by atoms with Crippen LogP contribution in [-0.4, -0.2) is 34.4 Å². The number of carbonyl (C=O) groups is 3. The van der Waals surface area contributed by atoms with Crippen LogP contribution in [0.15, 0.2) is 42.5 Å². The number of hydrogen-bond acceptors (Lipinski definition) is 7. The van der Waals surface area contributed by atoms with Crippen molar-refractivity contribution in [1.29, 1.82) is 5.26 Å². The number of halogens is 1. The molecule has 0 aliphatic carbocycles. The zero-order valence-electron chi connectivity index (χ0n) is 21.2. The highest BCUT2D eigenvalue weighted by Gasteiger charge is 2.32. The van der Waals surface area contributed by atoms with Crippen molar-refractivity contribution < 1.29 is 33.0 Å². The molecular formula is C26H30FN3O6. The zero-order chi connectivity index (χ0) is 27.1. The molecule has 10 heteroatoms. The maximum absolute atomic E-state index is 14.7. The zero-order valence-corrected chi connectivity index (χ0v) is 21.2. The number of benzene rings is 2. The molecule has 0 aliphatic heterocycles. The SMILES string of the molecule is CC(C)(C)OC(=O)N(Cc1cc(NC(=O)OCc2ccccc2)cc(F)c1C#N)C(=O)OC(C)(C)C. The molecule has 0 unspecified atom stereocenters. The molecule has 1 N–H and O–H groups in total. The monoisotopic (exact) mass is 499 g/mol. The first-order valence-corrected chi connectivity index (χ1v) is 11.1. The van der Waals surface area contributed by atoms with Crippen molar-refractivity contribution in [3.8, 4) is 6.07 Å². The van der Waals surface area contributed by atoms with E-state index in [2.05, 4.69) is 5.32 Å². The summed E-state index contributed by atoms with van der Waals surface area (Å²) >= 11 is 0. The van der Waals surface area contributed by atoms with Crippen LogP contribution in [0, 0.1) is 17.1 Å². The third kappa shape index (κ3) is 8.91. The Balaban J connectivity index is 2.31. The van der Waals surface area contributed by atoms with E-state index in [-0.39, 0.29) is 17.9 Å². The van der Waals surface area contributed by atoms with Crippen LogP contribution in [0.1, 0.15) is 58.2 Å². The summed E-state index contributed by atoms with van der Waals surface area (Å²) in [5.74, 6) is -0.957. The van der Waals surface area contributed by atoms with E-state index >= 15 is 0 Å². The Kier molecular flexibility index (Phi) is 9.00. The molecule has 2 aromatic carbocycles. The molecule has 0 saturated heterocycles. The number of imide groups is 1. The van der Waals surface area contributed by atoms with Crippen LogP contribution in [0.5, 0.6) is 0 Å². The average molecular weight is 500 g/mol. The maximum atomic E-state index is 14.7. The number of nitriles is 1. The molecule has 3 amide bonds. The largest absolute Gasteiger partial charge is 0.444 e. The van der Waals surface area contributed by atoms with E-state index in [0.717, 1.165) is 11.6 Å². The highest BCUT2D eigenvalue weighted by atomic mass is 19.1. The van der Waals surface area contributed by atoms with Gasteiger partial charge in [-0.1, -0.05) is 30.3 Å². The number of ether oxygens (including phenoxy) is 3. The van der Waals surface area contributed by atoms with Crippen molar-refractivity contribution in [2.24, 2.45) is 0 Å². The Morgan fingerprint density at radius 3 is 2.03 bits per heavy atom. The van der Waals surface area contributed by atoms with Crippen molar-refractivity contribution in [3.63, 3.8) is 0 Å². The van der Waals surface area contributed by atoms with E-state index in [9.17, 15) is 24.0 Å². The summed E-state index contributed by atoms with van der Waals surface area (Å²) < 4.78 is 30.5. The number of amides is 3. The molecule has 0 atom stereocenters. The third-order valence-electron chi connectivity index (χ3n) is 4.30. The summed E-state index contributed by atoms with van der Waals surface area (Å²) in [4.78, 5) is 38.5. The Morgan fingerprint density at radius 2 is 1.53 bits per heavy atom. The van der Waals surface area contributed by atoms with Crippen molar-refractivity contribution in [3.05, 3.63) is 65.0 Å². The van der Waals surface area contributed by atoms with E-state index < -0.39 is 47.4 Å². The van der Waals surface area contributed by atoms with Gasteiger partial charge < -0.3 is 14.2 Å². The lowest BCUT2D eigenvalue weighted by molar-refractivity contribution is -0.000297. The van der Waals surface area contributed by atoms with Gasteiger partial charge in [0.25, 0.3) is 0 Å². The summed E-state index contributed by atoms with van der Waals surface area (Å²) in [5.41, 5.74) is -1.61. The second-order valence-electron chi connectivity index (χ2n) is 9.84. The van der Waals surface area contributed by atoms with Gasteiger partial charge in [0.15, 0.2) is 0 Å². The normalized spacial score (nSPS) is 11.2. The fraction of sp³-hybridized carbons (Fsp3) is 0.385. The molecule has 0 bridgehead atoms. The van der Waals surface area contributed by atoms with Crippen LogP contribution < -0.4 is 5.32 Å². The second-order valence-corrected chi connectivity index (χ2v) is 9.84. The van der Waals surface area contributed by atoms with Gasteiger partial charge in [-0.3, -0.25) is 5.32 Å². The number of nitrogens with zero attached hydrogens (tertiary/aromatic N) is 2. The minimum Gasteiger partial charge on any atom is -0.444 e. The third-order valence-corrected chi connectivity index (χ3v) is 4.30. The summed E-state index contributed by atoms with van der Waals surface area (Å²) in [6, 6.07) is 12.9. The Morgan fingerprint density at radius 1 is 0.972 bits per heavy atom. The van der Waals surface area contributed by atoms with Crippen LogP contribution in [0.4, 0.5) is 24.5 Å². The number of anilines is 1. The van der Waals surface area contributed by atoms with Crippen LogP contribution in [0.2, 0.25) is 0 Å². The lowest BCUT2D eigenvalue weighted by Gasteiger charge is -2.29. The second kappa shape index (κ2) is 11.5. The van der Waals surface area contributed by atoms with Crippen molar-refractivity contribution in [2.75, 3.05) is 5.32 Å². The van der Waals surface area contributed by atoms with Gasteiger partial charge in [-0.05, 0) is 64.8 Å². The first kappa shape index (κ1) is 28.1. The van der Waals surface area contributed by atoms with E-state index in [1.807, 2.05) is 6.07 Å². The van der Waals surface area contributed by atoms with Crippen LogP contribution in [-0.2, 0) is 27.4 Å². The molecule has 0 radical (unpaired) electrons. The van der Waals surface area contributed by atoms with E-state index in [4.69, 9.17) is 14.2 Å². The number of rotatable bonds is 5. The molecule has 192 valence electrons.